The van der Waals surface area contributed by atoms with Crippen molar-refractivity contribution in [2.24, 2.45) is 0 Å². The van der Waals surface area contributed by atoms with Crippen LogP contribution in [0.5, 0.6) is 0 Å². The van der Waals surface area contributed by atoms with Gasteiger partial charge < -0.3 is 5.11 Å². The van der Waals surface area contributed by atoms with E-state index < -0.39 is 0 Å². The Morgan fingerprint density at radius 2 is 1.67 bits per heavy atom. The van der Waals surface area contributed by atoms with E-state index in [1.54, 1.807) is 6.92 Å². The predicted molar refractivity (Wildman–Crippen MR) is 107 cm³/mol. The van der Waals surface area contributed by atoms with Crippen LogP contribution < -0.4 is 0 Å². The van der Waals surface area contributed by atoms with Crippen molar-refractivity contribution in [2.75, 3.05) is 0 Å². The van der Waals surface area contributed by atoms with Gasteiger partial charge in [0.05, 0.1) is 11.3 Å². The number of carbonyl (C=O) groups excluding carboxylic acids is 1. The topological polar surface area (TPSA) is 50.2 Å². The number of hydrogen-bond donors (Lipinski definition) is 1. The number of pyridine rings is 1. The molecule has 0 saturated heterocycles. The molecule has 1 N–H and O–H groups in total. The number of allylic oxidation sites excluding steroid dienone is 2. The molecular weight excluding hydrogens is 514 g/mol. The third-order valence-electron chi connectivity index (χ3n) is 4.09. The van der Waals surface area contributed by atoms with E-state index in [4.69, 9.17) is 10.1 Å². The number of fused-ring (bicyclic) bond motifs is 1. The minimum atomic E-state index is -0.0787. The van der Waals surface area contributed by atoms with Gasteiger partial charge in [-0.2, -0.15) is 0 Å². The van der Waals surface area contributed by atoms with Crippen molar-refractivity contribution in [1.29, 1.82) is 0 Å². The summed E-state index contributed by atoms with van der Waals surface area (Å²) in [4.78, 5) is 15.1. The van der Waals surface area contributed by atoms with Gasteiger partial charge in [0, 0.05) is 25.7 Å². The van der Waals surface area contributed by atoms with E-state index in [9.17, 15) is 4.79 Å². The van der Waals surface area contributed by atoms with Gasteiger partial charge in [-0.05, 0) is 37.9 Å². The monoisotopic (exact) mass is 539 g/mol. The fraction of sp³-hybridized carbons (Fsp3) is 0.217. The van der Waals surface area contributed by atoms with Gasteiger partial charge in [0.25, 0.3) is 0 Å². The van der Waals surface area contributed by atoms with Gasteiger partial charge in [-0.25, -0.2) is 0 Å². The number of aliphatic hydroxyl groups excluding tert-OH is 1. The molecule has 4 heteroatoms. The Morgan fingerprint density at radius 1 is 1.00 bits per heavy atom. The summed E-state index contributed by atoms with van der Waals surface area (Å²) in [5.74, 6) is 0.0301. The fourth-order valence-electron chi connectivity index (χ4n) is 2.50. The van der Waals surface area contributed by atoms with Gasteiger partial charge in [-0.15, -0.1) is 34.9 Å². The van der Waals surface area contributed by atoms with Crippen LogP contribution in [-0.4, -0.2) is 15.9 Å². The number of benzene rings is 2. The number of para-hydroxylation sites is 1. The molecule has 1 aromatic heterocycles. The van der Waals surface area contributed by atoms with Gasteiger partial charge in [-0.1, -0.05) is 44.2 Å². The van der Waals surface area contributed by atoms with Crippen LogP contribution in [0.15, 0.2) is 59.9 Å². The SMILES string of the molecule is CC(=O)/C(C)=C(/C)O.Cc1[c-]c(-c2ccc3ccccc3n2)cc(C)c1.[Ir]. The number of carbonyl (C=O) groups is 1. The van der Waals surface area contributed by atoms with E-state index in [1.165, 1.54) is 24.8 Å². The molecule has 0 unspecified atom stereocenters. The quantitative estimate of drug-likeness (QED) is 0.257. The Labute approximate surface area is 174 Å². The molecule has 2 aromatic carbocycles. The van der Waals surface area contributed by atoms with Crippen LogP contribution in [0.4, 0.5) is 0 Å². The summed E-state index contributed by atoms with van der Waals surface area (Å²) in [7, 11) is 0. The second-order valence-electron chi connectivity index (χ2n) is 6.41. The molecule has 0 atom stereocenters. The maximum absolute atomic E-state index is 10.4. The molecule has 3 nitrogen and oxygen atoms in total. The molecule has 0 saturated carbocycles. The van der Waals surface area contributed by atoms with Crippen LogP contribution in [-0.2, 0) is 24.9 Å². The summed E-state index contributed by atoms with van der Waals surface area (Å²) >= 11 is 0. The summed E-state index contributed by atoms with van der Waals surface area (Å²) in [5.41, 5.74) is 5.92. The average molecular weight is 539 g/mol. The third kappa shape index (κ3) is 6.42. The normalized spacial score (nSPS) is 11.0. The van der Waals surface area contributed by atoms with E-state index in [2.05, 4.69) is 50.2 Å². The molecule has 1 heterocycles. The zero-order valence-corrected chi connectivity index (χ0v) is 18.6. The predicted octanol–water partition coefficient (Wildman–Crippen LogP) is 5.74. The summed E-state index contributed by atoms with van der Waals surface area (Å²) in [6, 6.07) is 20.0. The first-order valence-corrected chi connectivity index (χ1v) is 8.52. The number of nitrogens with zero attached hydrogens (tertiary/aromatic N) is 1. The van der Waals surface area contributed by atoms with E-state index in [-0.39, 0.29) is 31.6 Å². The Kier molecular flexibility index (Phi) is 8.55. The number of aryl methyl sites for hydroxylation is 2. The van der Waals surface area contributed by atoms with Gasteiger partial charge in [-0.3, -0.25) is 9.78 Å². The zero-order chi connectivity index (χ0) is 19.3. The molecule has 27 heavy (non-hydrogen) atoms. The Morgan fingerprint density at radius 3 is 2.22 bits per heavy atom. The molecule has 0 fully saturated rings. The van der Waals surface area contributed by atoms with Gasteiger partial charge in [0.1, 0.15) is 0 Å². The van der Waals surface area contributed by atoms with Crippen molar-refractivity contribution in [3.05, 3.63) is 77.1 Å². The molecule has 3 aromatic rings. The number of aliphatic hydroxyl groups is 1. The first-order valence-electron chi connectivity index (χ1n) is 8.52. The zero-order valence-electron chi connectivity index (χ0n) is 16.3. The van der Waals surface area contributed by atoms with Crippen LogP contribution in [0.25, 0.3) is 22.2 Å². The molecule has 0 aliphatic heterocycles. The van der Waals surface area contributed by atoms with E-state index >= 15 is 0 Å². The molecule has 1 radical (unpaired) electrons. The van der Waals surface area contributed by atoms with Crippen molar-refractivity contribution in [3.63, 3.8) is 0 Å². The second kappa shape index (κ2) is 10.1. The van der Waals surface area contributed by atoms with Crippen LogP contribution in [0.1, 0.15) is 31.9 Å². The van der Waals surface area contributed by atoms with Crippen molar-refractivity contribution < 1.29 is 30.0 Å². The van der Waals surface area contributed by atoms with Crippen LogP contribution in [0, 0.1) is 19.9 Å². The molecule has 0 bridgehead atoms. The fourth-order valence-corrected chi connectivity index (χ4v) is 2.50. The van der Waals surface area contributed by atoms with Crippen molar-refractivity contribution in [1.82, 2.24) is 4.98 Å². The van der Waals surface area contributed by atoms with Gasteiger partial charge in [0.15, 0.2) is 5.78 Å². The minimum absolute atomic E-state index is 0. The Balaban J connectivity index is 0.000000350. The smallest absolute Gasteiger partial charge is 0.158 e. The van der Waals surface area contributed by atoms with Gasteiger partial charge >= 0.3 is 0 Å². The standard InChI is InChI=1S/C17H14N.C6H10O2.Ir/c1-12-9-13(2)11-15(10-12)17-8-7-14-5-3-4-6-16(14)18-17;1-4(5(2)7)6(3)8;/h3-10H,1-2H3;7H,1-3H3;/q-1;;/b;5-4-;. The first-order chi connectivity index (χ1) is 12.3. The van der Waals surface area contributed by atoms with Crippen molar-refractivity contribution in [2.45, 2.75) is 34.6 Å². The average Bonchev–Trinajstić information content (AvgIpc) is 2.60. The van der Waals surface area contributed by atoms with Crippen LogP contribution in [0.2, 0.25) is 0 Å². The molecule has 0 spiro atoms. The molecule has 0 aliphatic rings. The van der Waals surface area contributed by atoms with E-state index in [0.29, 0.717) is 5.57 Å². The number of hydrogen-bond acceptors (Lipinski definition) is 3. The first kappa shape index (κ1) is 22.7. The molecule has 3 rings (SSSR count). The summed E-state index contributed by atoms with van der Waals surface area (Å²) < 4.78 is 0. The number of Topliss-reactive ketones (excluding diaryl/α,β-unsaturated/α-hetero) is 1. The third-order valence-corrected chi connectivity index (χ3v) is 4.09. The van der Waals surface area contributed by atoms with Crippen molar-refractivity contribution >= 4 is 16.7 Å². The van der Waals surface area contributed by atoms with Gasteiger partial charge in [0.2, 0.25) is 0 Å². The molecular formula is C23H24IrNO2-. The molecule has 0 aliphatic carbocycles. The van der Waals surface area contributed by atoms with Crippen LogP contribution in [0.3, 0.4) is 0 Å². The number of ketones is 1. The van der Waals surface area contributed by atoms with E-state index in [0.717, 1.165) is 22.3 Å². The maximum Gasteiger partial charge on any atom is 0.158 e. The maximum atomic E-state index is 10.4. The van der Waals surface area contributed by atoms with Crippen molar-refractivity contribution in [3.8, 4) is 11.3 Å². The number of aromatic nitrogens is 1. The number of rotatable bonds is 2. The molecule has 0 amide bonds. The minimum Gasteiger partial charge on any atom is -0.512 e. The summed E-state index contributed by atoms with van der Waals surface area (Å²) in [6.45, 7) is 8.69. The Bertz CT molecular complexity index is 953. The second-order valence-corrected chi connectivity index (χ2v) is 6.41. The van der Waals surface area contributed by atoms with Crippen LogP contribution >= 0.6 is 0 Å². The summed E-state index contributed by atoms with van der Waals surface area (Å²) in [6.07, 6.45) is 0. The molecule has 143 valence electrons. The van der Waals surface area contributed by atoms with E-state index in [1.807, 2.05) is 18.2 Å². The summed E-state index contributed by atoms with van der Waals surface area (Å²) in [5, 5.41) is 9.82. The largest absolute Gasteiger partial charge is 0.512 e. The Hall–Kier alpha value is -2.29.